The average Bonchev–Trinajstić information content (AvgIpc) is 2.54. The van der Waals surface area contributed by atoms with Gasteiger partial charge in [0.25, 0.3) is 5.91 Å². The zero-order valence-electron chi connectivity index (χ0n) is 9.37. The normalized spacial score (nSPS) is 23.5. The highest BCUT2D eigenvalue weighted by Gasteiger charge is 2.33. The minimum Gasteiger partial charge on any atom is -0.349 e. The number of hydrogen-bond donors (Lipinski definition) is 2. The Morgan fingerprint density at radius 2 is 2.24 bits per heavy atom. The standard InChI is InChI=1S/C12H14FN3O/c13-8-2-1-3-9-11(8)12(17)15-10-4-5-14-6-7-16(9)10/h1-3,10,14H,4-7H2,(H,15,17). The predicted molar refractivity (Wildman–Crippen MR) is 62.5 cm³/mol. The van der Waals surface area contributed by atoms with Crippen LogP contribution in [0.25, 0.3) is 0 Å². The summed E-state index contributed by atoms with van der Waals surface area (Å²) in [7, 11) is 0. The third-order valence-electron chi connectivity index (χ3n) is 3.33. The summed E-state index contributed by atoms with van der Waals surface area (Å²) in [6.07, 6.45) is 0.814. The Bertz CT molecular complexity index is 463. The highest BCUT2D eigenvalue weighted by molar-refractivity contribution is 6.02. The number of nitrogens with one attached hydrogen (secondary N) is 2. The van der Waals surface area contributed by atoms with Crippen molar-refractivity contribution in [1.82, 2.24) is 10.6 Å². The van der Waals surface area contributed by atoms with E-state index in [1.165, 1.54) is 6.07 Å². The van der Waals surface area contributed by atoms with E-state index in [0.29, 0.717) is 5.69 Å². The zero-order valence-corrected chi connectivity index (χ0v) is 9.37. The molecule has 2 N–H and O–H groups in total. The van der Waals surface area contributed by atoms with Crippen LogP contribution < -0.4 is 15.5 Å². The van der Waals surface area contributed by atoms with Crippen molar-refractivity contribution < 1.29 is 9.18 Å². The molecule has 1 unspecified atom stereocenters. The van der Waals surface area contributed by atoms with Gasteiger partial charge >= 0.3 is 0 Å². The van der Waals surface area contributed by atoms with E-state index in [2.05, 4.69) is 15.5 Å². The number of carbonyl (C=O) groups excluding carboxylic acids is 1. The van der Waals surface area contributed by atoms with Gasteiger partial charge < -0.3 is 15.5 Å². The van der Waals surface area contributed by atoms with Crippen LogP contribution in [-0.2, 0) is 0 Å². The Morgan fingerprint density at radius 1 is 1.35 bits per heavy atom. The molecule has 0 aliphatic carbocycles. The number of amides is 1. The van der Waals surface area contributed by atoms with E-state index in [9.17, 15) is 9.18 Å². The van der Waals surface area contributed by atoms with Crippen molar-refractivity contribution in [1.29, 1.82) is 0 Å². The van der Waals surface area contributed by atoms with Gasteiger partial charge in [-0.2, -0.15) is 0 Å². The average molecular weight is 235 g/mol. The van der Waals surface area contributed by atoms with E-state index in [1.54, 1.807) is 6.07 Å². The molecule has 17 heavy (non-hydrogen) atoms. The molecule has 1 saturated heterocycles. The Morgan fingerprint density at radius 3 is 3.12 bits per heavy atom. The number of carbonyl (C=O) groups is 1. The number of hydrogen-bond acceptors (Lipinski definition) is 3. The van der Waals surface area contributed by atoms with Gasteiger partial charge in [0.2, 0.25) is 0 Å². The van der Waals surface area contributed by atoms with Crippen LogP contribution in [0.4, 0.5) is 10.1 Å². The number of nitrogens with zero attached hydrogens (tertiary/aromatic N) is 1. The van der Waals surface area contributed by atoms with Gasteiger partial charge in [0.15, 0.2) is 0 Å². The van der Waals surface area contributed by atoms with E-state index in [0.717, 1.165) is 26.1 Å². The molecule has 4 nitrogen and oxygen atoms in total. The van der Waals surface area contributed by atoms with Crippen LogP contribution in [0.5, 0.6) is 0 Å². The summed E-state index contributed by atoms with van der Waals surface area (Å²) in [5.74, 6) is -0.753. The van der Waals surface area contributed by atoms with E-state index in [1.807, 2.05) is 6.07 Å². The molecule has 0 spiro atoms. The molecule has 1 atom stereocenters. The fraction of sp³-hybridized carbons (Fsp3) is 0.417. The van der Waals surface area contributed by atoms with Crippen LogP contribution in [0, 0.1) is 5.82 Å². The van der Waals surface area contributed by atoms with Crippen molar-refractivity contribution >= 4 is 11.6 Å². The summed E-state index contributed by atoms with van der Waals surface area (Å²) < 4.78 is 13.7. The Labute approximate surface area is 98.8 Å². The summed E-state index contributed by atoms with van der Waals surface area (Å²) in [4.78, 5) is 13.9. The second-order valence-electron chi connectivity index (χ2n) is 4.36. The molecular formula is C12H14FN3O. The largest absolute Gasteiger partial charge is 0.349 e. The summed E-state index contributed by atoms with van der Waals surface area (Å²) in [5, 5.41) is 6.14. The molecular weight excluding hydrogens is 221 g/mol. The molecule has 0 saturated carbocycles. The molecule has 2 heterocycles. The molecule has 3 rings (SSSR count). The van der Waals surface area contributed by atoms with Crippen molar-refractivity contribution in [3.63, 3.8) is 0 Å². The topological polar surface area (TPSA) is 44.4 Å². The first-order chi connectivity index (χ1) is 8.27. The molecule has 5 heteroatoms. The number of halogens is 1. The Balaban J connectivity index is 2.08. The molecule has 2 aliphatic rings. The van der Waals surface area contributed by atoms with Crippen LogP contribution in [0.1, 0.15) is 16.8 Å². The monoisotopic (exact) mass is 235 g/mol. The summed E-state index contributed by atoms with van der Waals surface area (Å²) in [6, 6.07) is 4.80. The van der Waals surface area contributed by atoms with E-state index >= 15 is 0 Å². The van der Waals surface area contributed by atoms with E-state index in [-0.39, 0.29) is 17.6 Å². The Hall–Kier alpha value is -1.62. The van der Waals surface area contributed by atoms with Crippen molar-refractivity contribution in [3.8, 4) is 0 Å². The molecule has 90 valence electrons. The maximum absolute atomic E-state index is 13.7. The molecule has 1 aromatic rings. The quantitative estimate of drug-likeness (QED) is 0.695. The van der Waals surface area contributed by atoms with Gasteiger partial charge in [-0.3, -0.25) is 4.79 Å². The summed E-state index contributed by atoms with van der Waals surface area (Å²) >= 11 is 0. The molecule has 1 amide bonds. The second-order valence-corrected chi connectivity index (χ2v) is 4.36. The van der Waals surface area contributed by atoms with Crippen LogP contribution in [0.15, 0.2) is 18.2 Å². The van der Waals surface area contributed by atoms with Gasteiger partial charge in [-0.25, -0.2) is 4.39 Å². The first-order valence-corrected chi connectivity index (χ1v) is 5.84. The van der Waals surface area contributed by atoms with Crippen LogP contribution in [0.2, 0.25) is 0 Å². The third kappa shape index (κ3) is 1.67. The van der Waals surface area contributed by atoms with Crippen molar-refractivity contribution in [3.05, 3.63) is 29.6 Å². The molecule has 1 fully saturated rings. The second kappa shape index (κ2) is 4.00. The molecule has 1 aromatic carbocycles. The van der Waals surface area contributed by atoms with Crippen LogP contribution in [0.3, 0.4) is 0 Å². The number of anilines is 1. The Kier molecular flexibility index (Phi) is 2.48. The van der Waals surface area contributed by atoms with Crippen LogP contribution in [-0.4, -0.2) is 31.7 Å². The zero-order chi connectivity index (χ0) is 11.8. The van der Waals surface area contributed by atoms with Gasteiger partial charge in [-0.05, 0) is 25.1 Å². The van der Waals surface area contributed by atoms with Crippen LogP contribution >= 0.6 is 0 Å². The first kappa shape index (κ1) is 10.5. The number of rotatable bonds is 0. The lowest BCUT2D eigenvalue weighted by atomic mass is 10.1. The molecule has 2 aliphatic heterocycles. The number of benzene rings is 1. The van der Waals surface area contributed by atoms with Crippen molar-refractivity contribution in [2.24, 2.45) is 0 Å². The van der Waals surface area contributed by atoms with E-state index < -0.39 is 5.82 Å². The van der Waals surface area contributed by atoms with Gasteiger partial charge in [0.1, 0.15) is 12.0 Å². The minimum absolute atomic E-state index is 0.0215. The molecule has 0 radical (unpaired) electrons. The predicted octanol–water partition coefficient (Wildman–Crippen LogP) is 0.695. The lowest BCUT2D eigenvalue weighted by Gasteiger charge is -2.37. The number of fused-ring (bicyclic) bond motifs is 3. The third-order valence-corrected chi connectivity index (χ3v) is 3.33. The summed E-state index contributed by atoms with van der Waals surface area (Å²) in [5.41, 5.74) is 0.883. The maximum atomic E-state index is 13.7. The van der Waals surface area contributed by atoms with Gasteiger partial charge in [0, 0.05) is 13.1 Å². The highest BCUT2D eigenvalue weighted by Crippen LogP contribution is 2.29. The minimum atomic E-state index is -0.448. The lowest BCUT2D eigenvalue weighted by molar-refractivity contribution is 0.0922. The molecule has 0 aromatic heterocycles. The smallest absolute Gasteiger partial charge is 0.257 e. The van der Waals surface area contributed by atoms with Gasteiger partial charge in [0.05, 0.1) is 11.3 Å². The van der Waals surface area contributed by atoms with Gasteiger partial charge in [-0.1, -0.05) is 6.07 Å². The fourth-order valence-electron chi connectivity index (χ4n) is 2.51. The molecule has 0 bridgehead atoms. The van der Waals surface area contributed by atoms with Crippen molar-refractivity contribution in [2.75, 3.05) is 24.5 Å². The van der Waals surface area contributed by atoms with E-state index in [4.69, 9.17) is 0 Å². The van der Waals surface area contributed by atoms with Crippen molar-refractivity contribution in [2.45, 2.75) is 12.6 Å². The lowest BCUT2D eigenvalue weighted by Crippen LogP contribution is -2.53. The van der Waals surface area contributed by atoms with Gasteiger partial charge in [-0.15, -0.1) is 0 Å². The SMILES string of the molecule is O=C1NC2CCNCCN2c2cccc(F)c21. The summed E-state index contributed by atoms with van der Waals surface area (Å²) in [6.45, 7) is 2.50. The maximum Gasteiger partial charge on any atom is 0.257 e. The highest BCUT2D eigenvalue weighted by atomic mass is 19.1. The fourth-order valence-corrected chi connectivity index (χ4v) is 2.51. The first-order valence-electron chi connectivity index (χ1n) is 5.84.